The first-order chi connectivity index (χ1) is 9.18. The Labute approximate surface area is 117 Å². The van der Waals surface area contributed by atoms with E-state index in [1.165, 1.54) is 12.1 Å². The van der Waals surface area contributed by atoms with Gasteiger partial charge in [0, 0.05) is 18.6 Å². The molecule has 1 aliphatic heterocycles. The molecule has 0 N–H and O–H groups in total. The van der Waals surface area contributed by atoms with Gasteiger partial charge in [0.2, 0.25) is 0 Å². The second-order valence-corrected chi connectivity index (χ2v) is 6.10. The zero-order valence-corrected chi connectivity index (χ0v) is 12.0. The van der Waals surface area contributed by atoms with Crippen molar-refractivity contribution in [2.45, 2.75) is 38.6 Å². The van der Waals surface area contributed by atoms with Crippen molar-refractivity contribution in [3.8, 4) is 0 Å². The monoisotopic (exact) mass is 287 g/mol. The molecule has 0 amide bonds. The maximum atomic E-state index is 12.7. The molecule has 1 aromatic rings. The van der Waals surface area contributed by atoms with Gasteiger partial charge in [0.15, 0.2) is 0 Å². The molecule has 0 saturated carbocycles. The Morgan fingerprint density at radius 2 is 1.90 bits per heavy atom. The average molecular weight is 287 g/mol. The summed E-state index contributed by atoms with van der Waals surface area (Å²) in [5.41, 5.74) is -0.0378. The minimum Gasteiger partial charge on any atom is -0.371 e. The molecule has 2 nitrogen and oxygen atoms in total. The summed E-state index contributed by atoms with van der Waals surface area (Å²) < 4.78 is 43.9. The van der Waals surface area contributed by atoms with Crippen LogP contribution in [0.2, 0.25) is 0 Å². The van der Waals surface area contributed by atoms with E-state index < -0.39 is 11.7 Å². The fraction of sp³-hybridized carbons (Fsp3) is 0.600. The lowest BCUT2D eigenvalue weighted by atomic mass is 10.0. The van der Waals surface area contributed by atoms with E-state index in [9.17, 15) is 13.2 Å². The molecule has 1 aliphatic rings. The predicted octanol–water partition coefficient (Wildman–Crippen LogP) is 3.88. The molecule has 1 saturated heterocycles. The largest absolute Gasteiger partial charge is 0.416 e. The van der Waals surface area contributed by atoms with Crippen molar-refractivity contribution < 1.29 is 17.9 Å². The SMILES string of the molecule is CC(C)(C)N1CCO[C@@H](c2cccc(C(F)(F)F)c2)C1. The molecule has 1 fully saturated rings. The number of benzene rings is 1. The van der Waals surface area contributed by atoms with Gasteiger partial charge >= 0.3 is 6.18 Å². The third-order valence-electron chi connectivity index (χ3n) is 3.60. The molecule has 2 rings (SSSR count). The van der Waals surface area contributed by atoms with Gasteiger partial charge < -0.3 is 4.74 Å². The van der Waals surface area contributed by atoms with Crippen LogP contribution in [0.3, 0.4) is 0 Å². The van der Waals surface area contributed by atoms with Crippen LogP contribution >= 0.6 is 0 Å². The smallest absolute Gasteiger partial charge is 0.371 e. The van der Waals surface area contributed by atoms with Gasteiger partial charge in [-0.05, 0) is 38.5 Å². The third-order valence-corrected chi connectivity index (χ3v) is 3.60. The van der Waals surface area contributed by atoms with Crippen molar-refractivity contribution in [3.05, 3.63) is 35.4 Å². The van der Waals surface area contributed by atoms with Crippen LogP contribution in [0.4, 0.5) is 13.2 Å². The van der Waals surface area contributed by atoms with Crippen LogP contribution in [0.1, 0.15) is 38.0 Å². The first-order valence-corrected chi connectivity index (χ1v) is 6.72. The van der Waals surface area contributed by atoms with E-state index in [1.807, 2.05) is 0 Å². The molecule has 0 aromatic heterocycles. The van der Waals surface area contributed by atoms with Gasteiger partial charge in [0.05, 0.1) is 18.3 Å². The van der Waals surface area contributed by atoms with Gasteiger partial charge in [0.25, 0.3) is 0 Å². The lowest BCUT2D eigenvalue weighted by Crippen LogP contribution is -2.48. The topological polar surface area (TPSA) is 12.5 Å². The quantitative estimate of drug-likeness (QED) is 0.777. The zero-order chi connectivity index (χ0) is 15.0. The van der Waals surface area contributed by atoms with Crippen molar-refractivity contribution in [2.75, 3.05) is 19.7 Å². The number of hydrogen-bond donors (Lipinski definition) is 0. The first-order valence-electron chi connectivity index (χ1n) is 6.72. The van der Waals surface area contributed by atoms with Gasteiger partial charge in [-0.2, -0.15) is 13.2 Å². The summed E-state index contributed by atoms with van der Waals surface area (Å²) in [4.78, 5) is 2.24. The molecule has 112 valence electrons. The maximum Gasteiger partial charge on any atom is 0.416 e. The Kier molecular flexibility index (Phi) is 4.12. The highest BCUT2D eigenvalue weighted by atomic mass is 19.4. The van der Waals surface area contributed by atoms with Gasteiger partial charge in [0.1, 0.15) is 0 Å². The van der Waals surface area contributed by atoms with E-state index in [4.69, 9.17) is 4.74 Å². The first kappa shape index (κ1) is 15.3. The lowest BCUT2D eigenvalue weighted by Gasteiger charge is -2.41. The summed E-state index contributed by atoms with van der Waals surface area (Å²) in [7, 11) is 0. The van der Waals surface area contributed by atoms with Crippen molar-refractivity contribution in [2.24, 2.45) is 0 Å². The zero-order valence-electron chi connectivity index (χ0n) is 12.0. The van der Waals surface area contributed by atoms with Crippen LogP contribution in [-0.2, 0) is 10.9 Å². The summed E-state index contributed by atoms with van der Waals surface area (Å²) in [6.07, 6.45) is -4.61. The third kappa shape index (κ3) is 3.52. The molecule has 0 spiro atoms. The Hall–Kier alpha value is -1.07. The standard InChI is InChI=1S/C15H20F3NO/c1-14(2,3)19-7-8-20-13(10-19)11-5-4-6-12(9-11)15(16,17)18/h4-6,9,13H,7-8,10H2,1-3H3/t13-/m1/s1. The Balaban J connectivity index is 2.19. The Bertz CT molecular complexity index is 465. The second kappa shape index (κ2) is 5.37. The van der Waals surface area contributed by atoms with Crippen molar-refractivity contribution in [1.82, 2.24) is 4.90 Å². The van der Waals surface area contributed by atoms with E-state index in [2.05, 4.69) is 25.7 Å². The summed E-state index contributed by atoms with van der Waals surface area (Å²) >= 11 is 0. The highest BCUT2D eigenvalue weighted by molar-refractivity contribution is 5.27. The van der Waals surface area contributed by atoms with Gasteiger partial charge in [-0.1, -0.05) is 12.1 Å². The number of halogens is 3. The number of hydrogen-bond acceptors (Lipinski definition) is 2. The highest BCUT2D eigenvalue weighted by Crippen LogP contribution is 2.33. The number of nitrogens with zero attached hydrogens (tertiary/aromatic N) is 1. The fourth-order valence-corrected chi connectivity index (χ4v) is 2.38. The average Bonchev–Trinajstić information content (AvgIpc) is 2.37. The molecule has 20 heavy (non-hydrogen) atoms. The van der Waals surface area contributed by atoms with Gasteiger partial charge in [-0.3, -0.25) is 4.90 Å². The Morgan fingerprint density at radius 3 is 2.50 bits per heavy atom. The van der Waals surface area contributed by atoms with E-state index in [-0.39, 0.29) is 11.6 Å². The number of morpholine rings is 1. The molecule has 0 aliphatic carbocycles. The summed E-state index contributed by atoms with van der Waals surface area (Å²) in [5, 5.41) is 0. The minimum absolute atomic E-state index is 0.0103. The molecule has 5 heteroatoms. The second-order valence-electron chi connectivity index (χ2n) is 6.10. The molecule has 1 aromatic carbocycles. The van der Waals surface area contributed by atoms with Crippen LogP contribution < -0.4 is 0 Å². The van der Waals surface area contributed by atoms with Crippen LogP contribution in [0.15, 0.2) is 24.3 Å². The van der Waals surface area contributed by atoms with E-state index in [1.54, 1.807) is 6.07 Å². The molecule has 0 radical (unpaired) electrons. The van der Waals surface area contributed by atoms with E-state index in [0.717, 1.165) is 12.6 Å². The van der Waals surface area contributed by atoms with Crippen LogP contribution in [0.5, 0.6) is 0 Å². The maximum absolute atomic E-state index is 12.7. The van der Waals surface area contributed by atoms with Crippen molar-refractivity contribution in [1.29, 1.82) is 0 Å². The molecule has 1 heterocycles. The lowest BCUT2D eigenvalue weighted by molar-refractivity contribution is -0.137. The van der Waals surface area contributed by atoms with Crippen molar-refractivity contribution in [3.63, 3.8) is 0 Å². The van der Waals surface area contributed by atoms with Crippen molar-refractivity contribution >= 4 is 0 Å². The van der Waals surface area contributed by atoms with E-state index >= 15 is 0 Å². The molecule has 1 atom stereocenters. The summed E-state index contributed by atoms with van der Waals surface area (Å²) in [6, 6.07) is 5.42. The highest BCUT2D eigenvalue weighted by Gasteiger charge is 2.33. The molecule has 0 unspecified atom stereocenters. The number of rotatable bonds is 1. The van der Waals surface area contributed by atoms with E-state index in [0.29, 0.717) is 18.7 Å². The summed E-state index contributed by atoms with van der Waals surface area (Å²) in [6.45, 7) is 8.26. The molecular formula is C15H20F3NO. The van der Waals surface area contributed by atoms with Crippen LogP contribution in [-0.4, -0.2) is 30.1 Å². The predicted molar refractivity (Wildman–Crippen MR) is 71.5 cm³/mol. The Morgan fingerprint density at radius 1 is 1.20 bits per heavy atom. The number of alkyl halides is 3. The number of ether oxygens (including phenoxy) is 1. The normalized spacial score (nSPS) is 22.0. The molecular weight excluding hydrogens is 267 g/mol. The van der Waals surface area contributed by atoms with Gasteiger partial charge in [-0.25, -0.2) is 0 Å². The molecule has 0 bridgehead atoms. The fourth-order valence-electron chi connectivity index (χ4n) is 2.38. The summed E-state index contributed by atoms with van der Waals surface area (Å²) in [5.74, 6) is 0. The van der Waals surface area contributed by atoms with Crippen LogP contribution in [0, 0.1) is 0 Å². The van der Waals surface area contributed by atoms with Gasteiger partial charge in [-0.15, -0.1) is 0 Å². The van der Waals surface area contributed by atoms with Crippen LogP contribution in [0.25, 0.3) is 0 Å². The minimum atomic E-state index is -4.31.